The van der Waals surface area contributed by atoms with Crippen molar-refractivity contribution in [2.45, 2.75) is 12.8 Å². The molecule has 1 fully saturated rings. The van der Waals surface area contributed by atoms with Crippen molar-refractivity contribution in [1.29, 1.82) is 5.26 Å². The molecule has 2 amide bonds. The highest BCUT2D eigenvalue weighted by molar-refractivity contribution is 5.97. The highest BCUT2D eigenvalue weighted by Gasteiger charge is 2.34. The van der Waals surface area contributed by atoms with E-state index in [-0.39, 0.29) is 23.8 Å². The first kappa shape index (κ1) is 20.2. The first-order chi connectivity index (χ1) is 14.0. The van der Waals surface area contributed by atoms with Crippen LogP contribution in [0.15, 0.2) is 24.4 Å². The number of likely N-dealkylation sites (tertiary alicyclic amines) is 1. The molecule has 2 aromatic rings. The minimum absolute atomic E-state index is 0.0591. The molecule has 0 aliphatic carbocycles. The van der Waals surface area contributed by atoms with E-state index in [0.717, 1.165) is 5.56 Å². The first-order valence-corrected chi connectivity index (χ1v) is 9.18. The summed E-state index contributed by atoms with van der Waals surface area (Å²) in [5.41, 5.74) is 1.30. The van der Waals surface area contributed by atoms with Crippen LogP contribution in [0.25, 0.3) is 0 Å². The zero-order chi connectivity index (χ0) is 21.0. The molecule has 1 N–H and O–H groups in total. The Hall–Kier alpha value is -3.54. The molecule has 1 aromatic carbocycles. The Morgan fingerprint density at radius 3 is 2.79 bits per heavy atom. The zero-order valence-corrected chi connectivity index (χ0v) is 16.6. The van der Waals surface area contributed by atoms with Gasteiger partial charge in [0.1, 0.15) is 17.5 Å². The van der Waals surface area contributed by atoms with Gasteiger partial charge in [-0.2, -0.15) is 10.4 Å². The Balaban J connectivity index is 1.59. The summed E-state index contributed by atoms with van der Waals surface area (Å²) < 4.78 is 12.0. The van der Waals surface area contributed by atoms with Crippen LogP contribution in [0.5, 0.6) is 11.5 Å². The van der Waals surface area contributed by atoms with Crippen molar-refractivity contribution in [3.05, 3.63) is 35.5 Å². The van der Waals surface area contributed by atoms with Crippen molar-refractivity contribution in [2.75, 3.05) is 32.6 Å². The van der Waals surface area contributed by atoms with Crippen molar-refractivity contribution in [2.24, 2.45) is 13.0 Å². The molecule has 1 saturated heterocycles. The van der Waals surface area contributed by atoms with E-state index in [4.69, 9.17) is 14.7 Å². The molecule has 2 heterocycles. The predicted octanol–water partition coefficient (Wildman–Crippen LogP) is 1.34. The third kappa shape index (κ3) is 4.32. The maximum Gasteiger partial charge on any atom is 0.230 e. The summed E-state index contributed by atoms with van der Waals surface area (Å²) in [7, 11) is 4.80. The topological polar surface area (TPSA) is 109 Å². The van der Waals surface area contributed by atoms with E-state index in [1.807, 2.05) is 24.3 Å². The minimum Gasteiger partial charge on any atom is -0.493 e. The number of aryl methyl sites for hydroxylation is 1. The SMILES string of the molecule is COc1ccc(CCN2CC(C(=O)Nc3c(C#N)cnn3C)CC2=O)cc1OC. The van der Waals surface area contributed by atoms with E-state index in [1.54, 1.807) is 26.2 Å². The van der Waals surface area contributed by atoms with Gasteiger partial charge in [0, 0.05) is 26.6 Å². The lowest BCUT2D eigenvalue weighted by molar-refractivity contribution is -0.128. The number of hydrogen-bond acceptors (Lipinski definition) is 6. The maximum atomic E-state index is 12.6. The molecule has 152 valence electrons. The molecule has 1 aromatic heterocycles. The summed E-state index contributed by atoms with van der Waals surface area (Å²) in [5, 5.41) is 15.8. The number of anilines is 1. The molecule has 1 aliphatic heterocycles. The van der Waals surface area contributed by atoms with Crippen molar-refractivity contribution in [3.63, 3.8) is 0 Å². The van der Waals surface area contributed by atoms with E-state index in [2.05, 4.69) is 10.4 Å². The second kappa shape index (κ2) is 8.65. The quantitative estimate of drug-likeness (QED) is 0.755. The van der Waals surface area contributed by atoms with Crippen LogP contribution >= 0.6 is 0 Å². The highest BCUT2D eigenvalue weighted by atomic mass is 16.5. The van der Waals surface area contributed by atoms with E-state index in [1.165, 1.54) is 10.9 Å². The monoisotopic (exact) mass is 397 g/mol. The fourth-order valence-electron chi connectivity index (χ4n) is 3.35. The fraction of sp³-hybridized carbons (Fsp3) is 0.400. The molecule has 3 rings (SSSR count). The number of hydrogen-bond donors (Lipinski definition) is 1. The van der Waals surface area contributed by atoms with E-state index in [9.17, 15) is 9.59 Å². The summed E-state index contributed by atoms with van der Waals surface area (Å²) in [6.07, 6.45) is 2.18. The van der Waals surface area contributed by atoms with Gasteiger partial charge in [0.2, 0.25) is 11.8 Å². The van der Waals surface area contributed by atoms with Crippen LogP contribution in [-0.2, 0) is 23.1 Å². The highest BCUT2D eigenvalue weighted by Crippen LogP contribution is 2.28. The number of nitriles is 1. The maximum absolute atomic E-state index is 12.6. The average Bonchev–Trinajstić information content (AvgIpc) is 3.28. The van der Waals surface area contributed by atoms with E-state index < -0.39 is 5.92 Å². The number of nitrogens with zero attached hydrogens (tertiary/aromatic N) is 4. The van der Waals surface area contributed by atoms with Crippen molar-refractivity contribution >= 4 is 17.6 Å². The molecule has 1 aliphatic rings. The van der Waals surface area contributed by atoms with E-state index >= 15 is 0 Å². The Bertz CT molecular complexity index is 962. The number of rotatable bonds is 7. The van der Waals surface area contributed by atoms with Crippen LogP contribution in [0.4, 0.5) is 5.82 Å². The predicted molar refractivity (Wildman–Crippen MR) is 104 cm³/mol. The largest absolute Gasteiger partial charge is 0.493 e. The van der Waals surface area contributed by atoms with Crippen LogP contribution in [-0.4, -0.2) is 53.8 Å². The average molecular weight is 397 g/mol. The lowest BCUT2D eigenvalue weighted by Crippen LogP contribution is -2.30. The summed E-state index contributed by atoms with van der Waals surface area (Å²) in [6.45, 7) is 0.852. The van der Waals surface area contributed by atoms with Crippen molar-refractivity contribution < 1.29 is 19.1 Å². The number of aromatic nitrogens is 2. The molecule has 0 saturated carbocycles. The minimum atomic E-state index is -0.464. The van der Waals surface area contributed by atoms with Crippen LogP contribution in [0, 0.1) is 17.2 Å². The van der Waals surface area contributed by atoms with Gasteiger partial charge in [-0.3, -0.25) is 14.3 Å². The number of nitrogens with one attached hydrogen (secondary N) is 1. The van der Waals surface area contributed by atoms with Crippen LogP contribution in [0.1, 0.15) is 17.5 Å². The lowest BCUT2D eigenvalue weighted by atomic mass is 10.1. The second-order valence-electron chi connectivity index (χ2n) is 6.81. The van der Waals surface area contributed by atoms with E-state index in [0.29, 0.717) is 36.8 Å². The van der Waals surface area contributed by atoms with Gasteiger partial charge in [0.25, 0.3) is 0 Å². The standard InChI is InChI=1S/C20H23N5O4/c1-24-19(15(10-21)11-22-24)23-20(27)14-9-18(26)25(12-14)7-6-13-4-5-16(28-2)17(8-13)29-3/h4-5,8,11,14H,6-7,9,12H2,1-3H3,(H,23,27). The van der Waals surface area contributed by atoms with Gasteiger partial charge in [-0.25, -0.2) is 0 Å². The molecule has 1 unspecified atom stereocenters. The summed E-state index contributed by atoms with van der Waals surface area (Å²) >= 11 is 0. The summed E-state index contributed by atoms with van der Waals surface area (Å²) in [4.78, 5) is 26.6. The second-order valence-corrected chi connectivity index (χ2v) is 6.81. The molecule has 0 radical (unpaired) electrons. The van der Waals surface area contributed by atoms with Gasteiger partial charge < -0.3 is 19.7 Å². The van der Waals surface area contributed by atoms with Crippen LogP contribution < -0.4 is 14.8 Å². The third-order valence-corrected chi connectivity index (χ3v) is 5.00. The van der Waals surface area contributed by atoms with Gasteiger partial charge in [-0.05, 0) is 24.1 Å². The normalized spacial score (nSPS) is 15.9. The lowest BCUT2D eigenvalue weighted by Gasteiger charge is -2.17. The number of methoxy groups -OCH3 is 2. The van der Waals surface area contributed by atoms with Gasteiger partial charge in [0.15, 0.2) is 11.5 Å². The number of amides is 2. The third-order valence-electron chi connectivity index (χ3n) is 5.00. The fourth-order valence-corrected chi connectivity index (χ4v) is 3.35. The number of carbonyl (C=O) groups excluding carboxylic acids is 2. The molecule has 29 heavy (non-hydrogen) atoms. The van der Waals surface area contributed by atoms with Gasteiger partial charge in [0.05, 0.1) is 26.3 Å². The van der Waals surface area contributed by atoms with Crippen LogP contribution in [0.3, 0.4) is 0 Å². The smallest absolute Gasteiger partial charge is 0.230 e. The molecule has 0 bridgehead atoms. The summed E-state index contributed by atoms with van der Waals surface area (Å²) in [5.74, 6) is 0.822. The van der Waals surface area contributed by atoms with Gasteiger partial charge in [-0.15, -0.1) is 0 Å². The Kier molecular flexibility index (Phi) is 6.02. The number of benzene rings is 1. The van der Waals surface area contributed by atoms with Crippen molar-refractivity contribution in [1.82, 2.24) is 14.7 Å². The Morgan fingerprint density at radius 2 is 2.10 bits per heavy atom. The van der Waals surface area contributed by atoms with Gasteiger partial charge >= 0.3 is 0 Å². The summed E-state index contributed by atoms with van der Waals surface area (Å²) in [6, 6.07) is 7.63. The van der Waals surface area contributed by atoms with Crippen LogP contribution in [0.2, 0.25) is 0 Å². The first-order valence-electron chi connectivity index (χ1n) is 9.18. The molecule has 1 atom stereocenters. The molecular formula is C20H23N5O4. The molecule has 9 heteroatoms. The Morgan fingerprint density at radius 1 is 1.34 bits per heavy atom. The molecule has 9 nitrogen and oxygen atoms in total. The number of ether oxygens (including phenoxy) is 2. The molecule has 0 spiro atoms. The van der Waals surface area contributed by atoms with Gasteiger partial charge in [-0.1, -0.05) is 6.07 Å². The Labute approximate surface area is 168 Å². The molecular weight excluding hydrogens is 374 g/mol. The zero-order valence-electron chi connectivity index (χ0n) is 16.6. The number of carbonyl (C=O) groups is 2. The van der Waals surface area contributed by atoms with Crippen molar-refractivity contribution in [3.8, 4) is 17.6 Å².